The monoisotopic (exact) mass is 325 g/mol. The summed E-state index contributed by atoms with van der Waals surface area (Å²) in [5, 5.41) is 0. The summed E-state index contributed by atoms with van der Waals surface area (Å²) in [7, 11) is 5.72. The first-order chi connectivity index (χ1) is 11.1. The molecule has 0 radical (unpaired) electrons. The Kier molecular flexibility index (Phi) is 4.21. The maximum Gasteiger partial charge on any atom is 0.175 e. The fourth-order valence-corrected chi connectivity index (χ4v) is 2.70. The summed E-state index contributed by atoms with van der Waals surface area (Å²) in [6, 6.07) is 16.3. The molecule has 0 atom stereocenters. The number of rotatable bonds is 4. The van der Waals surface area contributed by atoms with E-state index in [-0.39, 0.29) is 0 Å². The molecule has 0 aliphatic carbocycles. The van der Waals surface area contributed by atoms with Crippen LogP contribution in [0.3, 0.4) is 0 Å². The van der Waals surface area contributed by atoms with E-state index in [9.17, 15) is 0 Å². The molecule has 5 heteroatoms. The van der Waals surface area contributed by atoms with Crippen LogP contribution in [0.1, 0.15) is 0 Å². The number of anilines is 1. The van der Waals surface area contributed by atoms with Gasteiger partial charge in [-0.15, -0.1) is 0 Å². The minimum atomic E-state index is 0.613. The predicted octanol–water partition coefficient (Wildman–Crippen LogP) is 4.48. The Bertz CT molecular complexity index is 845. The molecule has 0 bridgehead atoms. The molecule has 2 aromatic carbocycles. The van der Waals surface area contributed by atoms with E-state index in [1.165, 1.54) is 0 Å². The predicted molar refractivity (Wildman–Crippen MR) is 97.7 cm³/mol. The highest BCUT2D eigenvalue weighted by Gasteiger charge is 2.11. The van der Waals surface area contributed by atoms with Crippen LogP contribution in [-0.4, -0.2) is 31.2 Å². The highest BCUT2D eigenvalue weighted by molar-refractivity contribution is 7.71. The summed E-state index contributed by atoms with van der Waals surface area (Å²) in [6.45, 7) is 0. The van der Waals surface area contributed by atoms with Crippen LogP contribution >= 0.6 is 12.2 Å². The van der Waals surface area contributed by atoms with Crippen molar-refractivity contribution >= 4 is 17.9 Å². The second kappa shape index (κ2) is 6.30. The number of hydrogen-bond donors (Lipinski definition) is 2. The third-order valence-corrected chi connectivity index (χ3v) is 3.98. The summed E-state index contributed by atoms with van der Waals surface area (Å²) in [5.41, 5.74) is 5.29. The fourth-order valence-electron chi connectivity index (χ4n) is 2.50. The molecule has 0 spiro atoms. The first-order valence-corrected chi connectivity index (χ1v) is 7.74. The van der Waals surface area contributed by atoms with Crippen molar-refractivity contribution in [3.8, 4) is 28.3 Å². The molecule has 4 nitrogen and oxygen atoms in total. The Morgan fingerprint density at radius 1 is 0.826 bits per heavy atom. The molecule has 0 aliphatic heterocycles. The highest BCUT2D eigenvalue weighted by atomic mass is 32.1. The number of nitrogens with zero attached hydrogens (tertiary/aromatic N) is 1. The third kappa shape index (κ3) is 3.14. The lowest BCUT2D eigenvalue weighted by atomic mass is 10.0. The number of aromatic nitrogens is 2. The van der Waals surface area contributed by atoms with Crippen LogP contribution < -0.4 is 9.64 Å². The van der Waals surface area contributed by atoms with E-state index < -0.39 is 0 Å². The van der Waals surface area contributed by atoms with Gasteiger partial charge in [-0.05, 0) is 48.6 Å². The first kappa shape index (κ1) is 15.4. The van der Waals surface area contributed by atoms with Crippen molar-refractivity contribution in [2.24, 2.45) is 0 Å². The second-order valence-electron chi connectivity index (χ2n) is 5.50. The van der Waals surface area contributed by atoms with Crippen molar-refractivity contribution in [2.45, 2.75) is 0 Å². The zero-order valence-corrected chi connectivity index (χ0v) is 14.2. The smallest absolute Gasteiger partial charge is 0.175 e. The largest absolute Gasteiger partial charge is 0.497 e. The van der Waals surface area contributed by atoms with Gasteiger partial charge in [-0.25, -0.2) is 0 Å². The maximum atomic E-state index is 5.29. The number of methoxy groups -OCH3 is 1. The zero-order valence-electron chi connectivity index (χ0n) is 13.4. The molecule has 0 fully saturated rings. The Morgan fingerprint density at radius 3 is 1.74 bits per heavy atom. The molecule has 23 heavy (non-hydrogen) atoms. The number of hydrogen-bond acceptors (Lipinski definition) is 3. The van der Waals surface area contributed by atoms with Crippen molar-refractivity contribution in [3.05, 3.63) is 53.3 Å². The van der Waals surface area contributed by atoms with Gasteiger partial charge in [0.15, 0.2) is 4.77 Å². The Hall–Kier alpha value is -2.53. The average Bonchev–Trinajstić information content (AvgIpc) is 2.97. The van der Waals surface area contributed by atoms with E-state index >= 15 is 0 Å². The van der Waals surface area contributed by atoms with Crippen LogP contribution in [0.2, 0.25) is 0 Å². The van der Waals surface area contributed by atoms with Crippen LogP contribution in [0.25, 0.3) is 22.5 Å². The van der Waals surface area contributed by atoms with Gasteiger partial charge in [0.25, 0.3) is 0 Å². The summed E-state index contributed by atoms with van der Waals surface area (Å²) in [5.74, 6) is 0.833. The quantitative estimate of drug-likeness (QED) is 0.695. The van der Waals surface area contributed by atoms with Gasteiger partial charge in [-0.2, -0.15) is 0 Å². The van der Waals surface area contributed by atoms with Crippen LogP contribution in [0.5, 0.6) is 5.75 Å². The van der Waals surface area contributed by atoms with Gasteiger partial charge in [-0.3, -0.25) is 0 Å². The maximum absolute atomic E-state index is 5.29. The van der Waals surface area contributed by atoms with Crippen LogP contribution in [0, 0.1) is 4.77 Å². The Morgan fingerprint density at radius 2 is 1.30 bits per heavy atom. The molecule has 0 saturated carbocycles. The van der Waals surface area contributed by atoms with Crippen molar-refractivity contribution in [2.75, 3.05) is 26.1 Å². The van der Waals surface area contributed by atoms with Gasteiger partial charge in [0, 0.05) is 30.9 Å². The van der Waals surface area contributed by atoms with E-state index in [2.05, 4.69) is 39.1 Å². The van der Waals surface area contributed by atoms with Crippen LogP contribution in [-0.2, 0) is 0 Å². The molecule has 1 aromatic heterocycles. The molecule has 0 saturated heterocycles. The number of nitrogens with one attached hydrogen (secondary N) is 2. The van der Waals surface area contributed by atoms with Gasteiger partial charge in [0.05, 0.1) is 18.5 Å². The van der Waals surface area contributed by atoms with Gasteiger partial charge >= 0.3 is 0 Å². The molecule has 0 amide bonds. The standard InChI is InChI=1S/C18H19N3OS/c1-21(2)14-8-4-12(5-9-14)16-17(20-18(23)19-16)13-6-10-15(22-3)11-7-13/h4-11H,1-3H3,(H2,19,20,23). The molecule has 1 heterocycles. The number of imidazole rings is 1. The van der Waals surface area contributed by atoms with Crippen molar-refractivity contribution in [1.82, 2.24) is 9.97 Å². The lowest BCUT2D eigenvalue weighted by Gasteiger charge is -2.12. The molecule has 118 valence electrons. The van der Waals surface area contributed by atoms with Gasteiger partial charge in [0.2, 0.25) is 0 Å². The minimum Gasteiger partial charge on any atom is -0.497 e. The summed E-state index contributed by atoms with van der Waals surface area (Å²) in [6.07, 6.45) is 0. The number of H-pyrrole nitrogens is 2. The second-order valence-corrected chi connectivity index (χ2v) is 5.91. The fraction of sp³-hybridized carbons (Fsp3) is 0.167. The molecule has 0 unspecified atom stereocenters. The van der Waals surface area contributed by atoms with Gasteiger partial charge in [0.1, 0.15) is 5.75 Å². The van der Waals surface area contributed by atoms with Gasteiger partial charge < -0.3 is 19.6 Å². The Labute approximate surface area is 140 Å². The van der Waals surface area contributed by atoms with E-state index in [1.807, 2.05) is 38.4 Å². The van der Waals surface area contributed by atoms with E-state index in [4.69, 9.17) is 17.0 Å². The van der Waals surface area contributed by atoms with Crippen LogP contribution in [0.15, 0.2) is 48.5 Å². The highest BCUT2D eigenvalue weighted by Crippen LogP contribution is 2.31. The first-order valence-electron chi connectivity index (χ1n) is 7.33. The molecule has 3 aromatic rings. The van der Waals surface area contributed by atoms with Crippen LogP contribution in [0.4, 0.5) is 5.69 Å². The minimum absolute atomic E-state index is 0.613. The van der Waals surface area contributed by atoms with Gasteiger partial charge in [-0.1, -0.05) is 12.1 Å². The summed E-state index contributed by atoms with van der Waals surface area (Å²) in [4.78, 5) is 8.57. The van der Waals surface area contributed by atoms with Crippen molar-refractivity contribution in [1.29, 1.82) is 0 Å². The van der Waals surface area contributed by atoms with E-state index in [0.717, 1.165) is 34.0 Å². The number of aromatic amines is 2. The van der Waals surface area contributed by atoms with Crippen molar-refractivity contribution in [3.63, 3.8) is 0 Å². The molecular weight excluding hydrogens is 306 g/mol. The molecule has 0 aliphatic rings. The molecule has 2 N–H and O–H groups in total. The van der Waals surface area contributed by atoms with Crippen molar-refractivity contribution < 1.29 is 4.74 Å². The molecular formula is C18H19N3OS. The number of benzene rings is 2. The summed E-state index contributed by atoms with van der Waals surface area (Å²) < 4.78 is 5.83. The van der Waals surface area contributed by atoms with E-state index in [1.54, 1.807) is 7.11 Å². The average molecular weight is 325 g/mol. The zero-order chi connectivity index (χ0) is 16.4. The van der Waals surface area contributed by atoms with E-state index in [0.29, 0.717) is 4.77 Å². The topological polar surface area (TPSA) is 44.1 Å². The SMILES string of the molecule is COc1ccc(-c2[nH]c(=S)[nH]c2-c2ccc(N(C)C)cc2)cc1. The lowest BCUT2D eigenvalue weighted by Crippen LogP contribution is -2.07. The lowest BCUT2D eigenvalue weighted by molar-refractivity contribution is 0.415. The number of ether oxygens (including phenoxy) is 1. The summed E-state index contributed by atoms with van der Waals surface area (Å²) >= 11 is 5.29. The normalized spacial score (nSPS) is 10.6. The Balaban J connectivity index is 2.04. The molecule has 3 rings (SSSR count). The third-order valence-electron chi connectivity index (χ3n) is 3.78.